The number of amides is 1. The number of carbonyl (C=O) groups is 1. The Balaban J connectivity index is 1.46. The third kappa shape index (κ3) is 6.23. The average molecular weight is 429 g/mol. The van der Waals surface area contributed by atoms with Crippen LogP contribution in [0.25, 0.3) is 11.5 Å². The van der Waals surface area contributed by atoms with Crippen LogP contribution >= 0.6 is 0 Å². The van der Waals surface area contributed by atoms with Gasteiger partial charge in [0.05, 0.1) is 5.75 Å². The zero-order chi connectivity index (χ0) is 21.6. The highest BCUT2D eigenvalue weighted by molar-refractivity contribution is 7.88. The van der Waals surface area contributed by atoms with Crippen LogP contribution in [-0.4, -0.2) is 31.6 Å². The molecule has 8 nitrogen and oxygen atoms in total. The van der Waals surface area contributed by atoms with Crippen LogP contribution in [0.5, 0.6) is 0 Å². The van der Waals surface area contributed by atoms with Gasteiger partial charge in [-0.25, -0.2) is 13.1 Å². The van der Waals surface area contributed by atoms with Crippen molar-refractivity contribution in [1.82, 2.24) is 20.2 Å². The second kappa shape index (κ2) is 9.64. The Morgan fingerprint density at radius 2 is 1.67 bits per heavy atom. The summed E-state index contributed by atoms with van der Waals surface area (Å²) in [6.07, 6.45) is 0.583. The Bertz CT molecular complexity index is 1090. The first-order valence-corrected chi connectivity index (χ1v) is 11.1. The van der Waals surface area contributed by atoms with E-state index in [9.17, 15) is 13.2 Å². The molecule has 0 bridgehead atoms. The molecule has 158 valence electrons. The highest BCUT2D eigenvalue weighted by atomic mass is 32.2. The van der Waals surface area contributed by atoms with Crippen molar-refractivity contribution in [1.29, 1.82) is 0 Å². The van der Waals surface area contributed by atoms with E-state index in [0.717, 1.165) is 16.7 Å². The number of hydrogen-bond donors (Lipinski definition) is 2. The molecule has 0 aliphatic heterocycles. The summed E-state index contributed by atoms with van der Waals surface area (Å²) in [5, 5.41) is 10.9. The molecule has 1 aromatic heterocycles. The summed E-state index contributed by atoms with van der Waals surface area (Å²) < 4.78 is 31.0. The Morgan fingerprint density at radius 1 is 1.00 bits per heavy atom. The van der Waals surface area contributed by atoms with Gasteiger partial charge in [-0.2, -0.15) is 0 Å². The van der Waals surface area contributed by atoms with Crippen LogP contribution in [0.2, 0.25) is 0 Å². The van der Waals surface area contributed by atoms with Crippen LogP contribution in [0.3, 0.4) is 0 Å². The van der Waals surface area contributed by atoms with Gasteiger partial charge in [0.25, 0.3) is 0 Å². The normalized spacial score (nSPS) is 11.4. The van der Waals surface area contributed by atoms with Crippen LogP contribution in [0.15, 0.2) is 52.9 Å². The number of nitrogens with one attached hydrogen (secondary N) is 2. The number of sulfonamides is 1. The molecule has 3 rings (SSSR count). The molecule has 2 aromatic carbocycles. The summed E-state index contributed by atoms with van der Waals surface area (Å²) in [5.41, 5.74) is 3.55. The van der Waals surface area contributed by atoms with Crippen LogP contribution in [0.4, 0.5) is 0 Å². The molecule has 1 amide bonds. The number of aryl methyl sites for hydroxylation is 2. The molecule has 0 fully saturated rings. The molecule has 2 N–H and O–H groups in total. The van der Waals surface area contributed by atoms with Gasteiger partial charge in [-0.1, -0.05) is 42.0 Å². The van der Waals surface area contributed by atoms with E-state index in [0.29, 0.717) is 30.3 Å². The SMILES string of the molecule is CNS(=O)(=O)Cc1ccc(CNC(=O)CCc2nnc(-c3ccc(C)cc3)o2)cc1. The molecule has 0 saturated carbocycles. The predicted octanol–water partition coefficient (Wildman–Crippen LogP) is 2.34. The predicted molar refractivity (Wildman–Crippen MR) is 113 cm³/mol. The third-order valence-corrected chi connectivity index (χ3v) is 5.85. The van der Waals surface area contributed by atoms with E-state index in [2.05, 4.69) is 20.2 Å². The van der Waals surface area contributed by atoms with Gasteiger partial charge in [0, 0.05) is 24.9 Å². The number of hydrogen-bond acceptors (Lipinski definition) is 6. The van der Waals surface area contributed by atoms with Crippen molar-refractivity contribution < 1.29 is 17.6 Å². The van der Waals surface area contributed by atoms with Crippen molar-refractivity contribution >= 4 is 15.9 Å². The second-order valence-corrected chi connectivity index (χ2v) is 8.85. The molecule has 0 spiro atoms. The molecule has 9 heteroatoms. The van der Waals surface area contributed by atoms with Crippen molar-refractivity contribution in [2.24, 2.45) is 0 Å². The summed E-state index contributed by atoms with van der Waals surface area (Å²) in [5.74, 6) is 0.638. The Hall–Kier alpha value is -3.04. The van der Waals surface area contributed by atoms with Gasteiger partial charge in [0.2, 0.25) is 27.7 Å². The molecule has 30 heavy (non-hydrogen) atoms. The maximum absolute atomic E-state index is 12.1. The van der Waals surface area contributed by atoms with E-state index in [-0.39, 0.29) is 18.1 Å². The summed E-state index contributed by atoms with van der Waals surface area (Å²) in [6, 6.07) is 14.8. The molecule has 0 atom stereocenters. The lowest BCUT2D eigenvalue weighted by atomic mass is 10.1. The summed E-state index contributed by atoms with van der Waals surface area (Å²) in [6.45, 7) is 2.36. The number of nitrogens with zero attached hydrogens (tertiary/aromatic N) is 2. The first-order valence-electron chi connectivity index (χ1n) is 9.50. The fourth-order valence-electron chi connectivity index (χ4n) is 2.72. The van der Waals surface area contributed by atoms with E-state index in [1.807, 2.05) is 31.2 Å². The van der Waals surface area contributed by atoms with E-state index >= 15 is 0 Å². The zero-order valence-corrected chi connectivity index (χ0v) is 17.7. The lowest BCUT2D eigenvalue weighted by molar-refractivity contribution is -0.121. The topological polar surface area (TPSA) is 114 Å². The fourth-order valence-corrected chi connectivity index (χ4v) is 3.50. The molecule has 0 radical (unpaired) electrons. The standard InChI is InChI=1S/C21H24N4O4S/c1-15-3-9-18(10-4-15)21-25-24-20(29-21)12-11-19(26)23-13-16-5-7-17(8-6-16)14-30(27,28)22-2/h3-10,22H,11-14H2,1-2H3,(H,23,26). The van der Waals surface area contributed by atoms with Crippen molar-refractivity contribution in [2.75, 3.05) is 7.05 Å². The Kier molecular flexibility index (Phi) is 6.96. The van der Waals surface area contributed by atoms with E-state index in [1.54, 1.807) is 24.3 Å². The van der Waals surface area contributed by atoms with E-state index < -0.39 is 10.0 Å². The Morgan fingerprint density at radius 3 is 2.33 bits per heavy atom. The molecular weight excluding hydrogens is 404 g/mol. The van der Waals surface area contributed by atoms with Gasteiger partial charge in [-0.3, -0.25) is 4.79 Å². The number of rotatable bonds is 9. The first-order chi connectivity index (χ1) is 14.3. The first kappa shape index (κ1) is 21.7. The Labute approximate surface area is 175 Å². The van der Waals surface area contributed by atoms with Crippen LogP contribution in [0.1, 0.15) is 29.0 Å². The molecular formula is C21H24N4O4S. The van der Waals surface area contributed by atoms with Gasteiger partial charge in [-0.15, -0.1) is 10.2 Å². The summed E-state index contributed by atoms with van der Waals surface area (Å²) in [4.78, 5) is 12.1. The van der Waals surface area contributed by atoms with E-state index in [4.69, 9.17) is 4.42 Å². The van der Waals surface area contributed by atoms with Gasteiger partial charge < -0.3 is 9.73 Å². The molecule has 1 heterocycles. The number of carbonyl (C=O) groups excluding carboxylic acids is 1. The van der Waals surface area contributed by atoms with Gasteiger partial charge in [-0.05, 0) is 37.2 Å². The monoisotopic (exact) mass is 428 g/mol. The summed E-state index contributed by atoms with van der Waals surface area (Å²) in [7, 11) is -1.92. The maximum atomic E-state index is 12.1. The fraction of sp³-hybridized carbons (Fsp3) is 0.286. The van der Waals surface area contributed by atoms with Crippen LogP contribution in [0, 0.1) is 6.92 Å². The third-order valence-electron chi connectivity index (χ3n) is 4.51. The largest absolute Gasteiger partial charge is 0.421 e. The highest BCUT2D eigenvalue weighted by Crippen LogP contribution is 2.18. The summed E-state index contributed by atoms with van der Waals surface area (Å²) >= 11 is 0. The second-order valence-electron chi connectivity index (χ2n) is 6.92. The zero-order valence-electron chi connectivity index (χ0n) is 16.9. The molecule has 3 aromatic rings. The van der Waals surface area contributed by atoms with Gasteiger partial charge >= 0.3 is 0 Å². The smallest absolute Gasteiger partial charge is 0.247 e. The van der Waals surface area contributed by atoms with Gasteiger partial charge in [0.1, 0.15) is 0 Å². The van der Waals surface area contributed by atoms with E-state index in [1.165, 1.54) is 7.05 Å². The molecule has 0 saturated heterocycles. The van der Waals surface area contributed by atoms with Crippen molar-refractivity contribution in [2.45, 2.75) is 32.1 Å². The minimum absolute atomic E-state index is 0.0785. The van der Waals surface area contributed by atoms with Gasteiger partial charge in [0.15, 0.2) is 0 Å². The van der Waals surface area contributed by atoms with Crippen molar-refractivity contribution in [3.63, 3.8) is 0 Å². The van der Waals surface area contributed by atoms with Crippen LogP contribution in [-0.2, 0) is 33.5 Å². The molecule has 0 unspecified atom stereocenters. The lowest BCUT2D eigenvalue weighted by Gasteiger charge is -2.06. The van der Waals surface area contributed by atoms with Crippen molar-refractivity contribution in [3.05, 3.63) is 71.1 Å². The minimum Gasteiger partial charge on any atom is -0.421 e. The quantitative estimate of drug-likeness (QED) is 0.541. The lowest BCUT2D eigenvalue weighted by Crippen LogP contribution is -2.23. The van der Waals surface area contributed by atoms with Crippen molar-refractivity contribution in [3.8, 4) is 11.5 Å². The molecule has 0 aliphatic carbocycles. The maximum Gasteiger partial charge on any atom is 0.247 e. The minimum atomic E-state index is -3.30. The van der Waals surface area contributed by atoms with Crippen LogP contribution < -0.4 is 10.0 Å². The highest BCUT2D eigenvalue weighted by Gasteiger charge is 2.11. The number of aromatic nitrogens is 2. The number of benzene rings is 2. The average Bonchev–Trinajstić information content (AvgIpc) is 3.21. The molecule has 0 aliphatic rings.